The van der Waals surface area contributed by atoms with Crippen molar-refractivity contribution in [3.8, 4) is 0 Å². The lowest BCUT2D eigenvalue weighted by atomic mass is 10.1. The van der Waals surface area contributed by atoms with Crippen molar-refractivity contribution in [3.63, 3.8) is 0 Å². The molecule has 5 heteroatoms. The van der Waals surface area contributed by atoms with Crippen LogP contribution >= 0.6 is 27.5 Å². The van der Waals surface area contributed by atoms with E-state index in [1.165, 1.54) is 6.07 Å². The number of nitrogens with zero attached hydrogens (tertiary/aromatic N) is 1. The van der Waals surface area contributed by atoms with Crippen LogP contribution in [0.4, 0.5) is 10.1 Å². The highest BCUT2D eigenvalue weighted by atomic mass is 79.9. The van der Waals surface area contributed by atoms with Gasteiger partial charge in [-0.1, -0.05) is 23.7 Å². The smallest absolute Gasteiger partial charge is 0.152 e. The van der Waals surface area contributed by atoms with E-state index in [0.717, 1.165) is 15.7 Å². The van der Waals surface area contributed by atoms with Crippen LogP contribution < -0.4 is 5.32 Å². The molecule has 1 atom stereocenters. The molecule has 2 rings (SSSR count). The van der Waals surface area contributed by atoms with Crippen molar-refractivity contribution in [1.82, 2.24) is 4.98 Å². The zero-order valence-corrected chi connectivity index (χ0v) is 12.7. The Labute approximate surface area is 125 Å². The van der Waals surface area contributed by atoms with E-state index in [2.05, 4.69) is 26.2 Å². The Bertz CT molecular complexity index is 577. The minimum absolute atomic E-state index is 0.121. The lowest BCUT2D eigenvalue weighted by Gasteiger charge is -2.16. The normalized spacial score (nSPS) is 12.2. The Balaban J connectivity index is 2.05. The van der Waals surface area contributed by atoms with Gasteiger partial charge in [-0.25, -0.2) is 9.37 Å². The van der Waals surface area contributed by atoms with Gasteiger partial charge < -0.3 is 5.32 Å². The van der Waals surface area contributed by atoms with Crippen molar-refractivity contribution < 1.29 is 4.39 Å². The maximum atomic E-state index is 13.1. The SMILES string of the molecule is CC(Cc1cccc(F)c1)Nc1cc(Br)cnc1Cl. The van der Waals surface area contributed by atoms with E-state index in [1.54, 1.807) is 18.3 Å². The van der Waals surface area contributed by atoms with Gasteiger partial charge in [-0.05, 0) is 53.0 Å². The lowest BCUT2D eigenvalue weighted by molar-refractivity contribution is 0.624. The third-order valence-corrected chi connectivity index (χ3v) is 3.37. The second-order valence-electron chi connectivity index (χ2n) is 4.37. The first-order valence-corrected chi connectivity index (χ1v) is 7.03. The van der Waals surface area contributed by atoms with E-state index >= 15 is 0 Å². The summed E-state index contributed by atoms with van der Waals surface area (Å²) in [7, 11) is 0. The Morgan fingerprint density at radius 3 is 2.95 bits per heavy atom. The summed E-state index contributed by atoms with van der Waals surface area (Å²) in [5.41, 5.74) is 1.71. The molecule has 0 aliphatic rings. The van der Waals surface area contributed by atoms with Gasteiger partial charge in [0.05, 0.1) is 5.69 Å². The molecular weight excluding hydrogens is 331 g/mol. The molecule has 1 aromatic heterocycles. The molecule has 0 bridgehead atoms. The third kappa shape index (κ3) is 4.18. The van der Waals surface area contributed by atoms with Gasteiger partial charge in [0, 0.05) is 16.7 Å². The summed E-state index contributed by atoms with van der Waals surface area (Å²) in [5.74, 6) is -0.216. The van der Waals surface area contributed by atoms with Crippen LogP contribution in [0.2, 0.25) is 5.15 Å². The topological polar surface area (TPSA) is 24.9 Å². The van der Waals surface area contributed by atoms with Crippen LogP contribution in [0.1, 0.15) is 12.5 Å². The molecule has 0 spiro atoms. The van der Waals surface area contributed by atoms with E-state index in [9.17, 15) is 4.39 Å². The maximum Gasteiger partial charge on any atom is 0.152 e. The van der Waals surface area contributed by atoms with E-state index < -0.39 is 0 Å². The van der Waals surface area contributed by atoms with Crippen molar-refractivity contribution in [3.05, 3.63) is 57.5 Å². The summed E-state index contributed by atoms with van der Waals surface area (Å²) in [4.78, 5) is 4.05. The van der Waals surface area contributed by atoms with Crippen molar-refractivity contribution in [2.75, 3.05) is 5.32 Å². The summed E-state index contributed by atoms with van der Waals surface area (Å²) in [6, 6.07) is 8.59. The summed E-state index contributed by atoms with van der Waals surface area (Å²) < 4.78 is 14.0. The van der Waals surface area contributed by atoms with Gasteiger partial charge in [0.15, 0.2) is 5.15 Å². The van der Waals surface area contributed by atoms with Crippen LogP contribution in [0.3, 0.4) is 0 Å². The Morgan fingerprint density at radius 2 is 2.21 bits per heavy atom. The monoisotopic (exact) mass is 342 g/mol. The second-order valence-corrected chi connectivity index (χ2v) is 5.65. The van der Waals surface area contributed by atoms with Gasteiger partial charge in [-0.15, -0.1) is 0 Å². The first kappa shape index (κ1) is 14.3. The third-order valence-electron chi connectivity index (χ3n) is 2.64. The molecule has 1 unspecified atom stereocenters. The van der Waals surface area contributed by atoms with Crippen LogP contribution in [0.25, 0.3) is 0 Å². The molecule has 2 aromatic rings. The molecule has 100 valence electrons. The van der Waals surface area contributed by atoms with Gasteiger partial charge in [-0.2, -0.15) is 0 Å². The molecule has 0 aliphatic heterocycles. The van der Waals surface area contributed by atoms with Crippen molar-refractivity contribution in [1.29, 1.82) is 0 Å². The predicted molar refractivity (Wildman–Crippen MR) is 80.1 cm³/mol. The van der Waals surface area contributed by atoms with Gasteiger partial charge in [0.2, 0.25) is 0 Å². The summed E-state index contributed by atoms with van der Waals surface area (Å²) in [6.45, 7) is 2.02. The second kappa shape index (κ2) is 6.35. The average molecular weight is 344 g/mol. The number of hydrogen-bond acceptors (Lipinski definition) is 2. The van der Waals surface area contributed by atoms with Crippen LogP contribution in [0.15, 0.2) is 41.0 Å². The number of pyridine rings is 1. The summed E-state index contributed by atoms with van der Waals surface area (Å²) >= 11 is 9.37. The molecule has 1 aromatic carbocycles. The molecule has 1 heterocycles. The minimum Gasteiger partial charge on any atom is -0.380 e. The number of nitrogens with one attached hydrogen (secondary N) is 1. The number of rotatable bonds is 4. The standard InChI is InChI=1S/C14H13BrClFN2/c1-9(5-10-3-2-4-12(17)6-10)19-13-7-11(15)8-18-14(13)16/h2-4,6-9,19H,5H2,1H3. The van der Waals surface area contributed by atoms with Crippen LogP contribution in [0, 0.1) is 5.82 Å². The lowest BCUT2D eigenvalue weighted by Crippen LogP contribution is -2.18. The molecule has 0 amide bonds. The van der Waals surface area contributed by atoms with E-state index in [-0.39, 0.29) is 11.9 Å². The molecule has 0 saturated heterocycles. The Morgan fingerprint density at radius 1 is 1.42 bits per heavy atom. The highest BCUT2D eigenvalue weighted by Gasteiger charge is 2.08. The molecular formula is C14H13BrClFN2. The Kier molecular flexibility index (Phi) is 4.77. The maximum absolute atomic E-state index is 13.1. The number of anilines is 1. The van der Waals surface area contributed by atoms with Crippen molar-refractivity contribution in [2.24, 2.45) is 0 Å². The van der Waals surface area contributed by atoms with Crippen molar-refractivity contribution in [2.45, 2.75) is 19.4 Å². The number of halogens is 3. The first-order valence-electron chi connectivity index (χ1n) is 5.86. The number of hydrogen-bond donors (Lipinski definition) is 1. The fourth-order valence-electron chi connectivity index (χ4n) is 1.86. The Hall–Kier alpha value is -1.13. The molecule has 0 aliphatic carbocycles. The molecule has 19 heavy (non-hydrogen) atoms. The van der Waals surface area contributed by atoms with Gasteiger partial charge >= 0.3 is 0 Å². The van der Waals surface area contributed by atoms with E-state index in [1.807, 2.05) is 19.1 Å². The van der Waals surface area contributed by atoms with Crippen LogP contribution in [0.5, 0.6) is 0 Å². The molecule has 2 nitrogen and oxygen atoms in total. The van der Waals surface area contributed by atoms with Gasteiger partial charge in [-0.3, -0.25) is 0 Å². The van der Waals surface area contributed by atoms with E-state index in [4.69, 9.17) is 11.6 Å². The summed E-state index contributed by atoms with van der Waals surface area (Å²) in [6.07, 6.45) is 2.35. The van der Waals surface area contributed by atoms with Crippen molar-refractivity contribution >= 4 is 33.2 Å². The molecule has 0 saturated carbocycles. The average Bonchev–Trinajstić information content (AvgIpc) is 2.34. The zero-order chi connectivity index (χ0) is 13.8. The number of benzene rings is 1. The largest absolute Gasteiger partial charge is 0.380 e. The van der Waals surface area contributed by atoms with Gasteiger partial charge in [0.25, 0.3) is 0 Å². The fourth-order valence-corrected chi connectivity index (χ4v) is 2.35. The van der Waals surface area contributed by atoms with Gasteiger partial charge in [0.1, 0.15) is 5.82 Å². The summed E-state index contributed by atoms with van der Waals surface area (Å²) in [5, 5.41) is 3.70. The minimum atomic E-state index is -0.216. The molecule has 0 fully saturated rings. The number of aromatic nitrogens is 1. The zero-order valence-electron chi connectivity index (χ0n) is 10.3. The molecule has 1 N–H and O–H groups in total. The highest BCUT2D eigenvalue weighted by Crippen LogP contribution is 2.24. The molecule has 0 radical (unpaired) electrons. The fraction of sp³-hybridized carbons (Fsp3) is 0.214. The quantitative estimate of drug-likeness (QED) is 0.815. The van der Waals surface area contributed by atoms with E-state index in [0.29, 0.717) is 11.6 Å². The predicted octanol–water partition coefficient (Wildman–Crippen LogP) is 4.68. The first-order chi connectivity index (χ1) is 9.04. The van der Waals surface area contributed by atoms with Crippen LogP contribution in [-0.2, 0) is 6.42 Å². The van der Waals surface area contributed by atoms with Crippen LogP contribution in [-0.4, -0.2) is 11.0 Å². The highest BCUT2D eigenvalue weighted by molar-refractivity contribution is 9.10.